The quantitative estimate of drug-likeness (QED) is 0.736. The van der Waals surface area contributed by atoms with Crippen LogP contribution >= 0.6 is 0 Å². The minimum Gasteiger partial charge on any atom is -0.345 e. The molecule has 1 fully saturated rings. The summed E-state index contributed by atoms with van der Waals surface area (Å²) in [5.74, 6) is -0.236. The van der Waals surface area contributed by atoms with Crippen LogP contribution in [0.15, 0.2) is 0 Å². The molecule has 1 saturated carbocycles. The fraction of sp³-hybridized carbons (Fsp3) is 0.846. The van der Waals surface area contributed by atoms with Gasteiger partial charge in [-0.2, -0.15) is 0 Å². The lowest BCUT2D eigenvalue weighted by Gasteiger charge is -2.26. The van der Waals surface area contributed by atoms with Crippen LogP contribution in [0.25, 0.3) is 0 Å². The van der Waals surface area contributed by atoms with Crippen molar-refractivity contribution in [2.24, 2.45) is 5.92 Å². The van der Waals surface area contributed by atoms with Crippen LogP contribution in [0.4, 0.5) is 0 Å². The summed E-state index contributed by atoms with van der Waals surface area (Å²) in [6, 6.07) is 0.237. The third-order valence-corrected chi connectivity index (χ3v) is 3.55. The molecule has 4 heteroatoms. The first-order chi connectivity index (χ1) is 8.02. The predicted octanol–water partition coefficient (Wildman–Crippen LogP) is 1.60. The van der Waals surface area contributed by atoms with Crippen molar-refractivity contribution in [1.29, 1.82) is 0 Å². The van der Waals surface area contributed by atoms with Crippen LogP contribution in [0, 0.1) is 5.92 Å². The molecule has 1 aliphatic rings. The van der Waals surface area contributed by atoms with E-state index in [0.717, 1.165) is 38.0 Å². The number of amides is 2. The Labute approximate surface area is 104 Å². The summed E-state index contributed by atoms with van der Waals surface area (Å²) in [7, 11) is 0. The highest BCUT2D eigenvalue weighted by Gasteiger charge is 2.23. The molecular weight excluding hydrogens is 216 g/mol. The number of rotatable bonds is 3. The van der Waals surface area contributed by atoms with Crippen molar-refractivity contribution in [2.75, 3.05) is 0 Å². The van der Waals surface area contributed by atoms with Gasteiger partial charge in [0.1, 0.15) is 0 Å². The molecule has 0 aromatic heterocycles. The van der Waals surface area contributed by atoms with E-state index in [1.807, 2.05) is 13.8 Å². The van der Waals surface area contributed by atoms with E-state index in [4.69, 9.17) is 0 Å². The Balaban J connectivity index is 2.31. The van der Waals surface area contributed by atoms with E-state index >= 15 is 0 Å². The topological polar surface area (TPSA) is 58.2 Å². The van der Waals surface area contributed by atoms with Gasteiger partial charge in [0, 0.05) is 12.1 Å². The molecule has 0 aromatic rings. The Bertz CT molecular complexity index is 271. The van der Waals surface area contributed by atoms with Crippen molar-refractivity contribution in [1.82, 2.24) is 10.6 Å². The van der Waals surface area contributed by atoms with Crippen molar-refractivity contribution in [3.63, 3.8) is 0 Å². The van der Waals surface area contributed by atoms with Gasteiger partial charge in [0.05, 0.1) is 0 Å². The summed E-state index contributed by atoms with van der Waals surface area (Å²) in [4.78, 5) is 23.1. The van der Waals surface area contributed by atoms with Gasteiger partial charge < -0.3 is 10.6 Å². The average Bonchev–Trinajstić information content (AvgIpc) is 2.31. The second-order valence-electron chi connectivity index (χ2n) is 5.21. The maximum atomic E-state index is 11.6. The van der Waals surface area contributed by atoms with E-state index in [2.05, 4.69) is 17.6 Å². The van der Waals surface area contributed by atoms with Crippen molar-refractivity contribution in [3.8, 4) is 0 Å². The van der Waals surface area contributed by atoms with E-state index < -0.39 is 11.8 Å². The summed E-state index contributed by atoms with van der Waals surface area (Å²) < 4.78 is 0. The number of hydrogen-bond donors (Lipinski definition) is 2. The van der Waals surface area contributed by atoms with Gasteiger partial charge in [-0.15, -0.1) is 0 Å². The molecule has 98 valence electrons. The van der Waals surface area contributed by atoms with Crippen molar-refractivity contribution >= 4 is 11.8 Å². The number of nitrogens with one attached hydrogen (secondary N) is 2. The van der Waals surface area contributed by atoms with Crippen LogP contribution in [-0.4, -0.2) is 23.9 Å². The second-order valence-corrected chi connectivity index (χ2v) is 5.21. The van der Waals surface area contributed by atoms with Crippen LogP contribution < -0.4 is 10.6 Å². The smallest absolute Gasteiger partial charge is 0.309 e. The van der Waals surface area contributed by atoms with Gasteiger partial charge >= 0.3 is 11.8 Å². The van der Waals surface area contributed by atoms with Crippen LogP contribution in [0.3, 0.4) is 0 Å². The van der Waals surface area contributed by atoms with E-state index in [-0.39, 0.29) is 12.1 Å². The summed E-state index contributed by atoms with van der Waals surface area (Å²) in [5.41, 5.74) is 0. The monoisotopic (exact) mass is 240 g/mol. The molecule has 0 bridgehead atoms. The first kappa shape index (κ1) is 14.0. The maximum absolute atomic E-state index is 11.6. The molecular formula is C13H24N2O2. The average molecular weight is 240 g/mol. The fourth-order valence-electron chi connectivity index (χ4n) is 2.05. The number of carbonyl (C=O) groups excluding carboxylic acids is 2. The molecule has 0 saturated heterocycles. The highest BCUT2D eigenvalue weighted by atomic mass is 16.2. The largest absolute Gasteiger partial charge is 0.345 e. The zero-order chi connectivity index (χ0) is 12.8. The lowest BCUT2D eigenvalue weighted by atomic mass is 9.87. The molecule has 2 N–H and O–H groups in total. The molecule has 2 amide bonds. The van der Waals surface area contributed by atoms with Crippen LogP contribution in [-0.2, 0) is 9.59 Å². The lowest BCUT2D eigenvalue weighted by molar-refractivity contribution is -0.140. The van der Waals surface area contributed by atoms with Crippen LogP contribution in [0.1, 0.15) is 52.9 Å². The Kier molecular flexibility index (Phi) is 5.45. The molecule has 0 heterocycles. The minimum absolute atomic E-state index is 0.0552. The molecule has 0 spiro atoms. The predicted molar refractivity (Wildman–Crippen MR) is 67.5 cm³/mol. The molecule has 1 aliphatic carbocycles. The molecule has 0 radical (unpaired) electrons. The van der Waals surface area contributed by atoms with Crippen molar-refractivity contribution in [2.45, 2.75) is 65.0 Å². The summed E-state index contributed by atoms with van der Waals surface area (Å²) in [6.45, 7) is 6.10. The first-order valence-corrected chi connectivity index (χ1v) is 6.64. The van der Waals surface area contributed by atoms with Gasteiger partial charge in [-0.1, -0.05) is 13.8 Å². The Morgan fingerprint density at radius 1 is 1.18 bits per heavy atom. The third-order valence-electron chi connectivity index (χ3n) is 3.55. The minimum atomic E-state index is -0.502. The van der Waals surface area contributed by atoms with E-state index in [9.17, 15) is 9.59 Å². The highest BCUT2D eigenvalue weighted by molar-refractivity contribution is 6.35. The van der Waals surface area contributed by atoms with Gasteiger partial charge in [-0.3, -0.25) is 9.59 Å². The van der Waals surface area contributed by atoms with Gasteiger partial charge in [-0.05, 0) is 44.9 Å². The lowest BCUT2D eigenvalue weighted by Crippen LogP contribution is -2.47. The second kappa shape index (κ2) is 6.62. The highest BCUT2D eigenvalue weighted by Crippen LogP contribution is 2.23. The summed E-state index contributed by atoms with van der Waals surface area (Å²) in [5, 5.41) is 5.49. The van der Waals surface area contributed by atoms with Gasteiger partial charge in [-0.25, -0.2) is 0 Å². The fourth-order valence-corrected chi connectivity index (χ4v) is 2.05. The number of hydrogen-bond acceptors (Lipinski definition) is 2. The maximum Gasteiger partial charge on any atom is 0.309 e. The SMILES string of the molecule is CC[C@H](C)NC(=O)C(=O)NC1CCC(C)CC1. The molecule has 0 aromatic carbocycles. The van der Waals surface area contributed by atoms with Gasteiger partial charge in [0.2, 0.25) is 0 Å². The standard InChI is InChI=1S/C13H24N2O2/c1-4-10(3)14-12(16)13(17)15-11-7-5-9(2)6-8-11/h9-11H,4-8H2,1-3H3,(H,14,16)(H,15,17)/t9?,10-,11?/m0/s1. The third kappa shape index (κ3) is 4.75. The van der Waals surface area contributed by atoms with Crippen LogP contribution in [0.5, 0.6) is 0 Å². The van der Waals surface area contributed by atoms with Gasteiger partial charge in [0.25, 0.3) is 0 Å². The Morgan fingerprint density at radius 2 is 1.76 bits per heavy atom. The molecule has 4 nitrogen and oxygen atoms in total. The molecule has 0 unspecified atom stereocenters. The van der Waals surface area contributed by atoms with E-state index in [1.165, 1.54) is 0 Å². The Hall–Kier alpha value is -1.06. The van der Waals surface area contributed by atoms with Crippen molar-refractivity contribution < 1.29 is 9.59 Å². The Morgan fingerprint density at radius 3 is 2.29 bits per heavy atom. The summed E-state index contributed by atoms with van der Waals surface area (Å²) >= 11 is 0. The van der Waals surface area contributed by atoms with E-state index in [1.54, 1.807) is 0 Å². The first-order valence-electron chi connectivity index (χ1n) is 6.64. The summed E-state index contributed by atoms with van der Waals surface area (Å²) in [6.07, 6.45) is 5.09. The van der Waals surface area contributed by atoms with Crippen molar-refractivity contribution in [3.05, 3.63) is 0 Å². The molecule has 1 rings (SSSR count). The zero-order valence-electron chi connectivity index (χ0n) is 11.1. The number of carbonyl (C=O) groups is 2. The molecule has 0 aliphatic heterocycles. The van der Waals surface area contributed by atoms with Crippen LogP contribution in [0.2, 0.25) is 0 Å². The normalized spacial score (nSPS) is 26.1. The molecule has 1 atom stereocenters. The van der Waals surface area contributed by atoms with E-state index in [0.29, 0.717) is 0 Å². The van der Waals surface area contributed by atoms with Gasteiger partial charge in [0.15, 0.2) is 0 Å². The molecule has 17 heavy (non-hydrogen) atoms. The zero-order valence-corrected chi connectivity index (χ0v) is 11.1.